The Morgan fingerprint density at radius 3 is 2.34 bits per heavy atom. The lowest BCUT2D eigenvalue weighted by atomic mass is 9.74. The minimum absolute atomic E-state index is 0.248. The van der Waals surface area contributed by atoms with Gasteiger partial charge in [0.15, 0.2) is 5.78 Å². The number of carbonyl (C=O) groups excluding carboxylic acids is 1. The number of carboxylic acids is 1. The molecule has 29 heavy (non-hydrogen) atoms. The second kappa shape index (κ2) is 8.06. The molecular formula is C25H32O3S. The molecule has 0 spiro atoms. The van der Waals surface area contributed by atoms with Crippen LogP contribution in [0.3, 0.4) is 0 Å². The average Bonchev–Trinajstić information content (AvgIpc) is 2.94. The first-order valence-corrected chi connectivity index (χ1v) is 11.3. The SMILES string of the molecule is Cc1cc(CCC(=O)c2sc(C)c3c2CCC(C)(C)C3)cc(C)c1C(C)C(=O)O. The Morgan fingerprint density at radius 1 is 1.14 bits per heavy atom. The molecule has 0 saturated carbocycles. The van der Waals surface area contributed by atoms with Crippen molar-refractivity contribution in [2.75, 3.05) is 0 Å². The number of carboxylic acid groups (broad SMARTS) is 1. The van der Waals surface area contributed by atoms with E-state index >= 15 is 0 Å². The highest BCUT2D eigenvalue weighted by molar-refractivity contribution is 7.14. The van der Waals surface area contributed by atoms with Crippen LogP contribution in [0.2, 0.25) is 0 Å². The number of aryl methyl sites for hydroxylation is 4. The molecule has 0 saturated heterocycles. The molecule has 156 valence electrons. The fraction of sp³-hybridized carbons (Fsp3) is 0.520. The van der Waals surface area contributed by atoms with Crippen molar-refractivity contribution < 1.29 is 14.7 Å². The van der Waals surface area contributed by atoms with Crippen LogP contribution < -0.4 is 0 Å². The van der Waals surface area contributed by atoms with Crippen LogP contribution in [0.4, 0.5) is 0 Å². The summed E-state index contributed by atoms with van der Waals surface area (Å²) in [5, 5.41) is 9.34. The Bertz CT molecular complexity index is 942. The summed E-state index contributed by atoms with van der Waals surface area (Å²) in [4.78, 5) is 26.7. The third kappa shape index (κ3) is 4.48. The van der Waals surface area contributed by atoms with Gasteiger partial charge in [0.05, 0.1) is 10.8 Å². The van der Waals surface area contributed by atoms with Gasteiger partial charge in [-0.25, -0.2) is 0 Å². The van der Waals surface area contributed by atoms with E-state index in [0.717, 1.165) is 46.4 Å². The van der Waals surface area contributed by atoms with Crippen LogP contribution in [0.5, 0.6) is 0 Å². The maximum absolute atomic E-state index is 13.0. The lowest BCUT2D eigenvalue weighted by Gasteiger charge is -2.30. The molecule has 0 radical (unpaired) electrons. The predicted molar refractivity (Wildman–Crippen MR) is 119 cm³/mol. The Labute approximate surface area is 178 Å². The molecule has 1 aromatic heterocycles. The maximum atomic E-state index is 13.0. The molecule has 1 unspecified atom stereocenters. The molecule has 4 heteroatoms. The lowest BCUT2D eigenvalue weighted by molar-refractivity contribution is -0.138. The van der Waals surface area contributed by atoms with Crippen LogP contribution in [0.1, 0.15) is 87.5 Å². The topological polar surface area (TPSA) is 54.4 Å². The van der Waals surface area contributed by atoms with Crippen LogP contribution in [-0.2, 0) is 24.1 Å². The Morgan fingerprint density at radius 2 is 1.76 bits per heavy atom. The van der Waals surface area contributed by atoms with Crippen molar-refractivity contribution in [3.05, 3.63) is 55.3 Å². The fourth-order valence-electron chi connectivity index (χ4n) is 4.76. The lowest BCUT2D eigenvalue weighted by Crippen LogP contribution is -2.22. The van der Waals surface area contributed by atoms with Gasteiger partial charge >= 0.3 is 5.97 Å². The van der Waals surface area contributed by atoms with E-state index in [0.29, 0.717) is 18.3 Å². The summed E-state index contributed by atoms with van der Waals surface area (Å²) >= 11 is 1.68. The molecule has 1 aliphatic carbocycles. The van der Waals surface area contributed by atoms with Crippen LogP contribution in [0.15, 0.2) is 12.1 Å². The van der Waals surface area contributed by atoms with Gasteiger partial charge < -0.3 is 5.11 Å². The van der Waals surface area contributed by atoms with Crippen molar-refractivity contribution >= 4 is 23.1 Å². The second-order valence-corrected chi connectivity index (χ2v) is 10.6. The molecular weight excluding hydrogens is 380 g/mol. The number of carbonyl (C=O) groups is 2. The second-order valence-electron chi connectivity index (χ2n) is 9.41. The van der Waals surface area contributed by atoms with Gasteiger partial charge in [0.2, 0.25) is 0 Å². The first-order valence-electron chi connectivity index (χ1n) is 10.5. The summed E-state index contributed by atoms with van der Waals surface area (Å²) in [5.41, 5.74) is 7.02. The highest BCUT2D eigenvalue weighted by atomic mass is 32.1. The average molecular weight is 413 g/mol. The van der Waals surface area contributed by atoms with E-state index in [1.54, 1.807) is 18.3 Å². The fourth-order valence-corrected chi connectivity index (χ4v) is 5.95. The van der Waals surface area contributed by atoms with E-state index in [9.17, 15) is 14.7 Å². The number of hydrogen-bond donors (Lipinski definition) is 1. The highest BCUT2D eigenvalue weighted by Crippen LogP contribution is 2.41. The van der Waals surface area contributed by atoms with Crippen molar-refractivity contribution in [3.63, 3.8) is 0 Å². The molecule has 3 nitrogen and oxygen atoms in total. The summed E-state index contributed by atoms with van der Waals surface area (Å²) in [6, 6.07) is 4.10. The third-order valence-corrected chi connectivity index (χ3v) is 7.61. The standard InChI is InChI=1S/C25H32O3S/c1-14-11-18(12-15(2)22(14)16(3)24(27)28)7-8-21(26)23-19-9-10-25(5,6)13-20(19)17(4)29-23/h11-12,16H,7-10,13H2,1-6H3,(H,27,28). The van der Waals surface area contributed by atoms with Crippen LogP contribution >= 0.6 is 11.3 Å². The zero-order valence-corrected chi connectivity index (χ0v) is 19.3. The van der Waals surface area contributed by atoms with E-state index in [1.165, 1.54) is 16.0 Å². The zero-order chi connectivity index (χ0) is 21.5. The number of Topliss-reactive ketones (excluding diaryl/α,β-unsaturated/α-hetero) is 1. The normalized spacial score (nSPS) is 16.3. The summed E-state index contributed by atoms with van der Waals surface area (Å²) in [6.07, 6.45) is 4.41. The van der Waals surface area contributed by atoms with Gasteiger partial charge in [-0.15, -0.1) is 11.3 Å². The number of aliphatic carboxylic acids is 1. The molecule has 1 atom stereocenters. The third-order valence-electron chi connectivity index (χ3n) is 6.38. The van der Waals surface area contributed by atoms with Crippen molar-refractivity contribution in [1.29, 1.82) is 0 Å². The van der Waals surface area contributed by atoms with Crippen molar-refractivity contribution in [1.82, 2.24) is 0 Å². The van der Waals surface area contributed by atoms with Crippen LogP contribution in [-0.4, -0.2) is 16.9 Å². The van der Waals surface area contributed by atoms with Gasteiger partial charge in [-0.05, 0) is 92.2 Å². The van der Waals surface area contributed by atoms with Crippen LogP contribution in [0.25, 0.3) is 0 Å². The van der Waals surface area contributed by atoms with Crippen molar-refractivity contribution in [2.24, 2.45) is 5.41 Å². The summed E-state index contributed by atoms with van der Waals surface area (Å²) < 4.78 is 0. The Hall–Kier alpha value is -1.94. The van der Waals surface area contributed by atoms with E-state index in [4.69, 9.17) is 0 Å². The van der Waals surface area contributed by atoms with Gasteiger partial charge in [-0.2, -0.15) is 0 Å². The number of rotatable bonds is 6. The van der Waals surface area contributed by atoms with Gasteiger partial charge in [0, 0.05) is 11.3 Å². The summed E-state index contributed by atoms with van der Waals surface area (Å²) in [6.45, 7) is 12.4. The molecule has 3 rings (SSSR count). The summed E-state index contributed by atoms with van der Waals surface area (Å²) in [5.74, 6) is -1.08. The minimum atomic E-state index is -0.805. The summed E-state index contributed by atoms with van der Waals surface area (Å²) in [7, 11) is 0. The number of benzene rings is 1. The van der Waals surface area contributed by atoms with E-state index in [-0.39, 0.29) is 5.78 Å². The first-order chi connectivity index (χ1) is 13.5. The predicted octanol–water partition coefficient (Wildman–Crippen LogP) is 6.19. The van der Waals surface area contributed by atoms with Crippen molar-refractivity contribution in [2.45, 2.75) is 79.6 Å². The molecule has 0 fully saturated rings. The van der Waals surface area contributed by atoms with E-state index in [2.05, 4.69) is 20.8 Å². The monoisotopic (exact) mass is 412 g/mol. The smallest absolute Gasteiger partial charge is 0.310 e. The molecule has 1 N–H and O–H groups in total. The van der Waals surface area contributed by atoms with E-state index < -0.39 is 11.9 Å². The Kier molecular flexibility index (Phi) is 6.05. The highest BCUT2D eigenvalue weighted by Gasteiger charge is 2.31. The van der Waals surface area contributed by atoms with Crippen molar-refractivity contribution in [3.8, 4) is 0 Å². The molecule has 1 aliphatic rings. The molecule has 0 bridgehead atoms. The quantitative estimate of drug-likeness (QED) is 0.575. The minimum Gasteiger partial charge on any atom is -0.481 e. The largest absolute Gasteiger partial charge is 0.481 e. The maximum Gasteiger partial charge on any atom is 0.310 e. The van der Waals surface area contributed by atoms with Gasteiger partial charge in [-0.1, -0.05) is 26.0 Å². The van der Waals surface area contributed by atoms with Gasteiger partial charge in [0.25, 0.3) is 0 Å². The number of fused-ring (bicyclic) bond motifs is 1. The number of ketones is 1. The number of hydrogen-bond acceptors (Lipinski definition) is 3. The first kappa shape index (κ1) is 21.8. The Balaban J connectivity index is 1.76. The molecule has 1 heterocycles. The van der Waals surface area contributed by atoms with Gasteiger partial charge in [0.1, 0.15) is 0 Å². The molecule has 0 amide bonds. The number of thiophene rings is 1. The molecule has 0 aliphatic heterocycles. The van der Waals surface area contributed by atoms with E-state index in [1.807, 2.05) is 26.0 Å². The molecule has 2 aromatic rings. The van der Waals surface area contributed by atoms with Gasteiger partial charge in [-0.3, -0.25) is 9.59 Å². The zero-order valence-electron chi connectivity index (χ0n) is 18.4. The van der Waals surface area contributed by atoms with Crippen LogP contribution in [0, 0.1) is 26.2 Å². The molecule has 1 aromatic carbocycles.